The molecule has 0 bridgehead atoms. The molecular weight excluding hydrogens is 246 g/mol. The molecule has 2 aromatic rings. The molecule has 1 unspecified atom stereocenters. The van der Waals surface area contributed by atoms with Gasteiger partial charge in [0.15, 0.2) is 0 Å². The Bertz CT molecular complexity index is 514. The Balaban J connectivity index is 2.23. The lowest BCUT2D eigenvalue weighted by Crippen LogP contribution is -2.23. The lowest BCUT2D eigenvalue weighted by Gasteiger charge is -2.16. The van der Waals surface area contributed by atoms with Gasteiger partial charge in [0, 0.05) is 6.42 Å². The van der Waals surface area contributed by atoms with Crippen molar-refractivity contribution < 1.29 is 9.53 Å². The number of aromatic nitrogens is 1. The van der Waals surface area contributed by atoms with Gasteiger partial charge in [0.25, 0.3) is 0 Å². The van der Waals surface area contributed by atoms with Gasteiger partial charge in [-0.1, -0.05) is 26.0 Å². The van der Waals surface area contributed by atoms with E-state index in [2.05, 4.69) is 11.1 Å². The minimum absolute atomic E-state index is 0.115. The number of rotatable bonds is 4. The first kappa shape index (κ1) is 13.0. The lowest BCUT2D eigenvalue weighted by molar-refractivity contribution is -0.146. The zero-order valence-corrected chi connectivity index (χ0v) is 11.7. The molecular formula is C14H17NO2S. The van der Waals surface area contributed by atoms with Crippen LogP contribution in [-0.4, -0.2) is 18.1 Å². The number of esters is 1. The molecule has 1 atom stereocenters. The second-order valence-corrected chi connectivity index (χ2v) is 5.77. The van der Waals surface area contributed by atoms with Gasteiger partial charge in [-0.3, -0.25) is 4.79 Å². The Labute approximate surface area is 111 Å². The molecule has 0 amide bonds. The molecule has 0 N–H and O–H groups in total. The predicted octanol–water partition coefficient (Wildman–Crippen LogP) is 3.28. The Morgan fingerprint density at radius 3 is 2.72 bits per heavy atom. The number of para-hydroxylation sites is 1. The van der Waals surface area contributed by atoms with Crippen LogP contribution in [0, 0.1) is 11.8 Å². The van der Waals surface area contributed by atoms with Crippen LogP contribution in [0.5, 0.6) is 0 Å². The number of carbonyl (C=O) groups is 1. The van der Waals surface area contributed by atoms with Crippen LogP contribution in [-0.2, 0) is 16.0 Å². The maximum atomic E-state index is 11.7. The number of hydrogen-bond donors (Lipinski definition) is 0. The van der Waals surface area contributed by atoms with E-state index >= 15 is 0 Å². The summed E-state index contributed by atoms with van der Waals surface area (Å²) in [6, 6.07) is 8.04. The van der Waals surface area contributed by atoms with Gasteiger partial charge in [0.1, 0.15) is 0 Å². The number of hydrogen-bond acceptors (Lipinski definition) is 4. The minimum atomic E-state index is -0.149. The van der Waals surface area contributed by atoms with Gasteiger partial charge in [-0.15, -0.1) is 11.3 Å². The van der Waals surface area contributed by atoms with E-state index in [1.54, 1.807) is 11.3 Å². The van der Waals surface area contributed by atoms with E-state index in [-0.39, 0.29) is 17.8 Å². The molecule has 0 radical (unpaired) electrons. The van der Waals surface area contributed by atoms with E-state index in [1.807, 2.05) is 32.0 Å². The average molecular weight is 263 g/mol. The van der Waals surface area contributed by atoms with Crippen LogP contribution in [0.3, 0.4) is 0 Å². The number of ether oxygens (including phenoxy) is 1. The number of thiazole rings is 1. The molecule has 1 heterocycles. The SMILES string of the molecule is COC(=O)C(Cc1nc2ccccc2s1)C(C)C. The van der Waals surface area contributed by atoms with Crippen molar-refractivity contribution in [2.75, 3.05) is 7.11 Å². The summed E-state index contributed by atoms with van der Waals surface area (Å²) in [4.78, 5) is 16.3. The highest BCUT2D eigenvalue weighted by atomic mass is 32.1. The summed E-state index contributed by atoms with van der Waals surface area (Å²) >= 11 is 1.65. The summed E-state index contributed by atoms with van der Waals surface area (Å²) in [5, 5.41) is 1.00. The van der Waals surface area contributed by atoms with Crippen LogP contribution in [0.15, 0.2) is 24.3 Å². The Kier molecular flexibility index (Phi) is 3.97. The summed E-state index contributed by atoms with van der Waals surface area (Å²) in [7, 11) is 1.44. The van der Waals surface area contributed by atoms with Crippen molar-refractivity contribution in [3.05, 3.63) is 29.3 Å². The third-order valence-electron chi connectivity index (χ3n) is 3.04. The standard InChI is InChI=1S/C14H17NO2S/c1-9(2)10(14(16)17-3)8-13-15-11-6-4-5-7-12(11)18-13/h4-7,9-10H,8H2,1-3H3. The molecule has 1 aromatic carbocycles. The van der Waals surface area contributed by atoms with E-state index in [0.29, 0.717) is 6.42 Å². The fourth-order valence-corrected chi connectivity index (χ4v) is 2.96. The number of nitrogens with zero attached hydrogens (tertiary/aromatic N) is 1. The van der Waals surface area contributed by atoms with Gasteiger partial charge < -0.3 is 4.74 Å². The van der Waals surface area contributed by atoms with E-state index in [1.165, 1.54) is 11.8 Å². The smallest absolute Gasteiger partial charge is 0.309 e. The van der Waals surface area contributed by atoms with E-state index in [4.69, 9.17) is 4.74 Å². The number of fused-ring (bicyclic) bond motifs is 1. The fourth-order valence-electron chi connectivity index (χ4n) is 1.94. The van der Waals surface area contributed by atoms with Crippen molar-refractivity contribution in [3.63, 3.8) is 0 Å². The lowest BCUT2D eigenvalue weighted by atomic mass is 9.93. The van der Waals surface area contributed by atoms with E-state index < -0.39 is 0 Å². The number of methoxy groups -OCH3 is 1. The molecule has 0 spiro atoms. The Morgan fingerprint density at radius 1 is 1.39 bits per heavy atom. The first-order chi connectivity index (χ1) is 8.61. The average Bonchev–Trinajstić information content (AvgIpc) is 2.77. The van der Waals surface area contributed by atoms with E-state index in [9.17, 15) is 4.79 Å². The summed E-state index contributed by atoms with van der Waals surface area (Å²) in [5.41, 5.74) is 1.00. The molecule has 1 aromatic heterocycles. The second kappa shape index (κ2) is 5.48. The molecule has 18 heavy (non-hydrogen) atoms. The van der Waals surface area contributed by atoms with E-state index in [0.717, 1.165) is 10.5 Å². The van der Waals surface area contributed by atoms with Crippen molar-refractivity contribution in [3.8, 4) is 0 Å². The summed E-state index contributed by atoms with van der Waals surface area (Å²) in [6.07, 6.45) is 0.656. The van der Waals surface area contributed by atoms with Crippen LogP contribution in [0.1, 0.15) is 18.9 Å². The molecule has 0 aliphatic heterocycles. The third-order valence-corrected chi connectivity index (χ3v) is 4.10. The number of benzene rings is 1. The zero-order chi connectivity index (χ0) is 13.1. The molecule has 0 saturated carbocycles. The largest absolute Gasteiger partial charge is 0.469 e. The van der Waals surface area contributed by atoms with Crippen molar-refractivity contribution in [1.82, 2.24) is 4.98 Å². The highest BCUT2D eigenvalue weighted by Gasteiger charge is 2.24. The van der Waals surface area contributed by atoms with Gasteiger partial charge in [0.2, 0.25) is 0 Å². The van der Waals surface area contributed by atoms with Gasteiger partial charge >= 0.3 is 5.97 Å². The molecule has 96 valence electrons. The molecule has 0 saturated heterocycles. The summed E-state index contributed by atoms with van der Waals surface area (Å²) in [6.45, 7) is 4.07. The van der Waals surface area contributed by atoms with Gasteiger partial charge in [0.05, 0.1) is 28.3 Å². The highest BCUT2D eigenvalue weighted by Crippen LogP contribution is 2.26. The quantitative estimate of drug-likeness (QED) is 0.795. The molecule has 0 aliphatic rings. The van der Waals surface area contributed by atoms with Gasteiger partial charge in [-0.25, -0.2) is 4.98 Å². The summed E-state index contributed by atoms with van der Waals surface area (Å²) < 4.78 is 6.02. The monoisotopic (exact) mass is 263 g/mol. The van der Waals surface area contributed by atoms with Gasteiger partial charge in [-0.05, 0) is 18.1 Å². The maximum Gasteiger partial charge on any atom is 0.309 e. The van der Waals surface area contributed by atoms with Crippen molar-refractivity contribution in [1.29, 1.82) is 0 Å². The second-order valence-electron chi connectivity index (χ2n) is 4.65. The number of carbonyl (C=O) groups excluding carboxylic acids is 1. The van der Waals surface area contributed by atoms with Crippen LogP contribution in [0.4, 0.5) is 0 Å². The maximum absolute atomic E-state index is 11.7. The molecule has 0 aliphatic carbocycles. The Hall–Kier alpha value is -1.42. The molecule has 0 fully saturated rings. The van der Waals surface area contributed by atoms with Crippen molar-refractivity contribution >= 4 is 27.5 Å². The molecule has 2 rings (SSSR count). The van der Waals surface area contributed by atoms with Crippen LogP contribution >= 0.6 is 11.3 Å². The predicted molar refractivity (Wildman–Crippen MR) is 73.7 cm³/mol. The van der Waals surface area contributed by atoms with Crippen LogP contribution in [0.2, 0.25) is 0 Å². The third kappa shape index (κ3) is 2.70. The van der Waals surface area contributed by atoms with Crippen LogP contribution < -0.4 is 0 Å². The first-order valence-corrected chi connectivity index (χ1v) is 6.85. The Morgan fingerprint density at radius 2 is 2.11 bits per heavy atom. The summed E-state index contributed by atoms with van der Waals surface area (Å²) in [5.74, 6) is -0.00993. The molecule has 4 heteroatoms. The fraction of sp³-hybridized carbons (Fsp3) is 0.429. The highest BCUT2D eigenvalue weighted by molar-refractivity contribution is 7.18. The zero-order valence-electron chi connectivity index (χ0n) is 10.8. The molecule has 3 nitrogen and oxygen atoms in total. The first-order valence-electron chi connectivity index (χ1n) is 6.04. The topological polar surface area (TPSA) is 39.2 Å². The van der Waals surface area contributed by atoms with Crippen molar-refractivity contribution in [2.24, 2.45) is 11.8 Å². The minimum Gasteiger partial charge on any atom is -0.469 e. The van der Waals surface area contributed by atoms with Crippen LogP contribution in [0.25, 0.3) is 10.2 Å². The van der Waals surface area contributed by atoms with Gasteiger partial charge in [-0.2, -0.15) is 0 Å². The normalized spacial score (nSPS) is 12.9. The van der Waals surface area contributed by atoms with Crippen molar-refractivity contribution in [2.45, 2.75) is 20.3 Å².